The molecule has 0 amide bonds. The van der Waals surface area contributed by atoms with Gasteiger partial charge in [0.05, 0.1) is 11.2 Å². The van der Waals surface area contributed by atoms with Crippen molar-refractivity contribution in [3.8, 4) is 0 Å². The molecular weight excluding hydrogens is 218 g/mol. The molecule has 1 N–H and O–H groups in total. The zero-order chi connectivity index (χ0) is 11.2. The topological polar surface area (TPSA) is 37.8 Å². The lowest BCUT2D eigenvalue weighted by Crippen LogP contribution is -2.16. The average molecular weight is 233 g/mol. The minimum Gasteiger partial charge on any atom is -0.311 e. The number of hydrogen-bond acceptors (Lipinski definition) is 4. The van der Waals surface area contributed by atoms with Crippen LogP contribution in [0.15, 0.2) is 30.0 Å². The molecule has 0 saturated carbocycles. The summed E-state index contributed by atoms with van der Waals surface area (Å²) in [7, 11) is 0. The average Bonchev–Trinajstić information content (AvgIpc) is 2.72. The Bertz CT molecular complexity index is 425. The highest BCUT2D eigenvalue weighted by Crippen LogP contribution is 2.11. The molecule has 16 heavy (non-hydrogen) atoms. The van der Waals surface area contributed by atoms with Crippen molar-refractivity contribution in [2.24, 2.45) is 0 Å². The fourth-order valence-electron chi connectivity index (χ4n) is 1.48. The first-order valence-corrected chi connectivity index (χ1v) is 6.23. The molecule has 0 saturated heterocycles. The third kappa shape index (κ3) is 3.12. The van der Waals surface area contributed by atoms with E-state index in [1.165, 1.54) is 10.4 Å². The van der Waals surface area contributed by atoms with E-state index in [1.807, 2.05) is 17.8 Å². The second kappa shape index (κ2) is 5.72. The summed E-state index contributed by atoms with van der Waals surface area (Å²) in [6.07, 6.45) is 4.74. The van der Waals surface area contributed by atoms with E-state index in [4.69, 9.17) is 0 Å². The highest BCUT2D eigenvalue weighted by atomic mass is 32.1. The van der Waals surface area contributed by atoms with Gasteiger partial charge in [-0.15, -0.1) is 11.3 Å². The third-order valence-corrected chi connectivity index (χ3v) is 3.38. The van der Waals surface area contributed by atoms with Crippen LogP contribution in [0.2, 0.25) is 0 Å². The van der Waals surface area contributed by atoms with Crippen molar-refractivity contribution in [2.45, 2.75) is 19.9 Å². The van der Waals surface area contributed by atoms with E-state index in [1.54, 1.807) is 17.5 Å². The van der Waals surface area contributed by atoms with Crippen molar-refractivity contribution in [3.05, 3.63) is 46.2 Å². The second-order valence-electron chi connectivity index (χ2n) is 3.65. The number of pyridine rings is 1. The SMILES string of the molecule is Cc1ncsc1CNCCc1cccnc1. The zero-order valence-electron chi connectivity index (χ0n) is 9.31. The molecule has 4 heteroatoms. The first-order valence-electron chi connectivity index (χ1n) is 5.35. The van der Waals surface area contributed by atoms with Crippen LogP contribution in [-0.2, 0) is 13.0 Å². The zero-order valence-corrected chi connectivity index (χ0v) is 10.1. The highest BCUT2D eigenvalue weighted by molar-refractivity contribution is 7.09. The summed E-state index contributed by atoms with van der Waals surface area (Å²) in [5.41, 5.74) is 4.31. The number of nitrogens with zero attached hydrogens (tertiary/aromatic N) is 2. The highest BCUT2D eigenvalue weighted by Gasteiger charge is 1.99. The van der Waals surface area contributed by atoms with Gasteiger partial charge in [-0.3, -0.25) is 4.98 Å². The second-order valence-corrected chi connectivity index (χ2v) is 4.59. The van der Waals surface area contributed by atoms with E-state index in [-0.39, 0.29) is 0 Å². The maximum absolute atomic E-state index is 4.22. The van der Waals surface area contributed by atoms with Gasteiger partial charge in [-0.05, 0) is 31.5 Å². The fraction of sp³-hybridized carbons (Fsp3) is 0.333. The summed E-state index contributed by atoms with van der Waals surface area (Å²) in [6, 6.07) is 4.08. The third-order valence-electron chi connectivity index (χ3n) is 2.44. The standard InChI is InChI=1S/C12H15N3S/c1-10-12(16-9-15-10)8-14-6-4-11-3-2-5-13-7-11/h2-3,5,7,9,14H,4,6,8H2,1H3. The summed E-state index contributed by atoms with van der Waals surface area (Å²) in [5, 5.41) is 3.42. The van der Waals surface area contributed by atoms with Crippen molar-refractivity contribution >= 4 is 11.3 Å². The van der Waals surface area contributed by atoms with Gasteiger partial charge in [0.15, 0.2) is 0 Å². The molecule has 3 nitrogen and oxygen atoms in total. The van der Waals surface area contributed by atoms with Crippen LogP contribution in [0.1, 0.15) is 16.1 Å². The summed E-state index contributed by atoms with van der Waals surface area (Å²) >= 11 is 1.71. The molecule has 0 aliphatic rings. The van der Waals surface area contributed by atoms with Crippen molar-refractivity contribution in [1.29, 1.82) is 0 Å². The molecule has 0 aromatic carbocycles. The molecule has 0 unspecified atom stereocenters. The molecule has 0 fully saturated rings. The molecule has 2 rings (SSSR count). The molecule has 2 aromatic heterocycles. The lowest BCUT2D eigenvalue weighted by molar-refractivity contribution is 0.689. The monoisotopic (exact) mass is 233 g/mol. The van der Waals surface area contributed by atoms with Crippen molar-refractivity contribution in [2.75, 3.05) is 6.54 Å². The Labute approximate surface area is 99.6 Å². The smallest absolute Gasteiger partial charge is 0.0798 e. The molecule has 0 radical (unpaired) electrons. The van der Waals surface area contributed by atoms with Crippen LogP contribution >= 0.6 is 11.3 Å². The van der Waals surface area contributed by atoms with Crippen molar-refractivity contribution in [3.63, 3.8) is 0 Å². The van der Waals surface area contributed by atoms with E-state index in [2.05, 4.69) is 28.3 Å². The summed E-state index contributed by atoms with van der Waals surface area (Å²) < 4.78 is 0. The largest absolute Gasteiger partial charge is 0.311 e. The first kappa shape index (κ1) is 11.2. The first-order chi connectivity index (χ1) is 7.86. The lowest BCUT2D eigenvalue weighted by atomic mass is 10.2. The maximum Gasteiger partial charge on any atom is 0.0798 e. The van der Waals surface area contributed by atoms with Crippen molar-refractivity contribution < 1.29 is 0 Å². The van der Waals surface area contributed by atoms with Gasteiger partial charge in [-0.1, -0.05) is 6.07 Å². The molecule has 2 heterocycles. The fourth-order valence-corrected chi connectivity index (χ4v) is 2.22. The van der Waals surface area contributed by atoms with Gasteiger partial charge in [-0.2, -0.15) is 0 Å². The molecule has 84 valence electrons. The molecule has 0 aliphatic carbocycles. The Hall–Kier alpha value is -1.26. The predicted molar refractivity (Wildman–Crippen MR) is 66.5 cm³/mol. The van der Waals surface area contributed by atoms with Gasteiger partial charge < -0.3 is 5.32 Å². The molecule has 0 bridgehead atoms. The quantitative estimate of drug-likeness (QED) is 0.804. The van der Waals surface area contributed by atoms with Gasteiger partial charge in [0.1, 0.15) is 0 Å². The molecule has 0 spiro atoms. The molecular formula is C12H15N3S. The number of thiazole rings is 1. The van der Waals surface area contributed by atoms with Crippen molar-refractivity contribution in [1.82, 2.24) is 15.3 Å². The maximum atomic E-state index is 4.22. The molecule has 0 aliphatic heterocycles. The van der Waals surface area contributed by atoms with Gasteiger partial charge in [-0.25, -0.2) is 4.98 Å². The van der Waals surface area contributed by atoms with Crippen LogP contribution in [0.5, 0.6) is 0 Å². The summed E-state index contributed by atoms with van der Waals surface area (Å²) in [6.45, 7) is 3.94. The Morgan fingerprint density at radius 2 is 2.38 bits per heavy atom. The lowest BCUT2D eigenvalue weighted by Gasteiger charge is -2.03. The van der Waals surface area contributed by atoms with Crippen LogP contribution < -0.4 is 5.32 Å². The van der Waals surface area contributed by atoms with Gasteiger partial charge in [0.2, 0.25) is 0 Å². The van der Waals surface area contributed by atoms with E-state index < -0.39 is 0 Å². The van der Waals surface area contributed by atoms with Crippen LogP contribution in [0.4, 0.5) is 0 Å². The molecule has 2 aromatic rings. The predicted octanol–water partition coefficient (Wildman–Crippen LogP) is 2.18. The number of nitrogens with one attached hydrogen (secondary N) is 1. The Morgan fingerprint density at radius 1 is 1.44 bits per heavy atom. The van der Waals surface area contributed by atoms with E-state index in [0.29, 0.717) is 0 Å². The van der Waals surface area contributed by atoms with Crippen LogP contribution in [0.25, 0.3) is 0 Å². The normalized spacial score (nSPS) is 10.6. The molecule has 0 atom stereocenters. The van der Waals surface area contributed by atoms with Gasteiger partial charge in [0.25, 0.3) is 0 Å². The Morgan fingerprint density at radius 3 is 3.06 bits per heavy atom. The van der Waals surface area contributed by atoms with E-state index >= 15 is 0 Å². The van der Waals surface area contributed by atoms with Crippen LogP contribution in [0.3, 0.4) is 0 Å². The van der Waals surface area contributed by atoms with E-state index in [0.717, 1.165) is 25.2 Å². The summed E-state index contributed by atoms with van der Waals surface area (Å²) in [4.78, 5) is 9.64. The van der Waals surface area contributed by atoms with Gasteiger partial charge >= 0.3 is 0 Å². The van der Waals surface area contributed by atoms with E-state index in [9.17, 15) is 0 Å². The Balaban J connectivity index is 1.72. The number of rotatable bonds is 5. The number of aromatic nitrogens is 2. The summed E-state index contributed by atoms with van der Waals surface area (Å²) in [5.74, 6) is 0. The number of aryl methyl sites for hydroxylation is 1. The Kier molecular flexibility index (Phi) is 4.02. The van der Waals surface area contributed by atoms with Crippen LogP contribution in [-0.4, -0.2) is 16.5 Å². The van der Waals surface area contributed by atoms with Crippen LogP contribution in [0, 0.1) is 6.92 Å². The number of hydrogen-bond donors (Lipinski definition) is 1. The minimum absolute atomic E-state index is 0.913. The van der Waals surface area contributed by atoms with Gasteiger partial charge in [0, 0.05) is 23.8 Å². The minimum atomic E-state index is 0.913.